The molecule has 2 aromatic carbocycles. The summed E-state index contributed by atoms with van der Waals surface area (Å²) in [7, 11) is 2.12. The molecular formula is C18H19N3. The van der Waals surface area contributed by atoms with E-state index in [-0.39, 0.29) is 0 Å². The van der Waals surface area contributed by atoms with Gasteiger partial charge in [-0.2, -0.15) is 0 Å². The van der Waals surface area contributed by atoms with Gasteiger partial charge in [0.25, 0.3) is 0 Å². The van der Waals surface area contributed by atoms with Crippen LogP contribution in [0.2, 0.25) is 0 Å². The third-order valence-electron chi connectivity index (χ3n) is 4.43. The number of nitrogens with zero attached hydrogens (tertiary/aromatic N) is 2. The molecule has 3 nitrogen and oxygen atoms in total. The molecule has 0 saturated heterocycles. The number of aromatic nitrogens is 2. The molecule has 0 spiro atoms. The number of hydrogen-bond donors (Lipinski definition) is 1. The minimum atomic E-state index is 1.07. The van der Waals surface area contributed by atoms with Crippen molar-refractivity contribution in [2.45, 2.75) is 19.8 Å². The molecule has 106 valence electrons. The largest absolute Gasteiger partial charge is 0.385 e. The van der Waals surface area contributed by atoms with E-state index in [1.54, 1.807) is 0 Å². The van der Waals surface area contributed by atoms with Gasteiger partial charge in [0, 0.05) is 24.8 Å². The first-order valence-corrected chi connectivity index (χ1v) is 7.54. The number of imidazole rings is 1. The van der Waals surface area contributed by atoms with Crippen LogP contribution in [-0.2, 0) is 13.5 Å². The number of para-hydroxylation sites is 1. The standard InChI is InChI=1S/C18H19N3/c1-12-6-3-10-16-17(12)21(2)18(20-16)14-7-4-9-15-13(14)8-5-11-19-15/h3-4,6-7,9-10,19H,5,8,11H2,1-2H3. The van der Waals surface area contributed by atoms with Gasteiger partial charge in [0.2, 0.25) is 0 Å². The fourth-order valence-electron chi connectivity index (χ4n) is 3.43. The lowest BCUT2D eigenvalue weighted by molar-refractivity contribution is 0.828. The van der Waals surface area contributed by atoms with Crippen LogP contribution < -0.4 is 5.32 Å². The molecule has 0 amide bonds. The number of fused-ring (bicyclic) bond motifs is 2. The van der Waals surface area contributed by atoms with E-state index in [4.69, 9.17) is 4.98 Å². The molecule has 0 unspecified atom stereocenters. The van der Waals surface area contributed by atoms with Crippen molar-refractivity contribution in [3.63, 3.8) is 0 Å². The van der Waals surface area contributed by atoms with Crippen molar-refractivity contribution in [3.05, 3.63) is 47.5 Å². The van der Waals surface area contributed by atoms with Crippen LogP contribution >= 0.6 is 0 Å². The zero-order chi connectivity index (χ0) is 14.4. The highest BCUT2D eigenvalue weighted by Crippen LogP contribution is 2.33. The van der Waals surface area contributed by atoms with Crippen LogP contribution in [0, 0.1) is 6.92 Å². The van der Waals surface area contributed by atoms with Gasteiger partial charge in [-0.15, -0.1) is 0 Å². The predicted octanol–water partition coefficient (Wildman–Crippen LogP) is 3.91. The minimum absolute atomic E-state index is 1.07. The van der Waals surface area contributed by atoms with Gasteiger partial charge in [-0.3, -0.25) is 0 Å². The van der Waals surface area contributed by atoms with Gasteiger partial charge >= 0.3 is 0 Å². The van der Waals surface area contributed by atoms with Gasteiger partial charge in [-0.1, -0.05) is 24.3 Å². The fourth-order valence-corrected chi connectivity index (χ4v) is 3.43. The third kappa shape index (κ3) is 1.84. The van der Waals surface area contributed by atoms with Crippen molar-refractivity contribution in [2.75, 3.05) is 11.9 Å². The van der Waals surface area contributed by atoms with E-state index in [0.717, 1.165) is 24.3 Å². The van der Waals surface area contributed by atoms with Gasteiger partial charge in [0.15, 0.2) is 0 Å². The third-order valence-corrected chi connectivity index (χ3v) is 4.43. The SMILES string of the molecule is Cc1cccc2nc(-c3cccc4c3CCCN4)n(C)c12. The van der Waals surface area contributed by atoms with E-state index in [2.05, 4.69) is 60.3 Å². The fraction of sp³-hybridized carbons (Fsp3) is 0.278. The van der Waals surface area contributed by atoms with Crippen LogP contribution in [0.1, 0.15) is 17.5 Å². The number of benzene rings is 2. The molecule has 1 aliphatic heterocycles. The molecule has 0 saturated carbocycles. The first-order valence-electron chi connectivity index (χ1n) is 7.54. The van der Waals surface area contributed by atoms with Crippen LogP contribution in [0.4, 0.5) is 5.69 Å². The topological polar surface area (TPSA) is 29.9 Å². The smallest absolute Gasteiger partial charge is 0.141 e. The molecule has 3 heteroatoms. The molecule has 0 aliphatic carbocycles. The molecule has 3 aromatic rings. The van der Waals surface area contributed by atoms with E-state index in [1.165, 1.54) is 34.3 Å². The number of rotatable bonds is 1. The molecule has 1 aliphatic rings. The molecule has 1 aromatic heterocycles. The van der Waals surface area contributed by atoms with E-state index in [0.29, 0.717) is 0 Å². The second-order valence-electron chi connectivity index (χ2n) is 5.80. The summed E-state index contributed by atoms with van der Waals surface area (Å²) in [6.07, 6.45) is 2.31. The molecule has 1 N–H and O–H groups in total. The normalized spacial score (nSPS) is 14.0. The molecule has 0 atom stereocenters. The van der Waals surface area contributed by atoms with Crippen LogP contribution in [0.5, 0.6) is 0 Å². The van der Waals surface area contributed by atoms with Crippen molar-refractivity contribution < 1.29 is 0 Å². The summed E-state index contributed by atoms with van der Waals surface area (Å²) < 4.78 is 2.23. The zero-order valence-electron chi connectivity index (χ0n) is 12.5. The highest BCUT2D eigenvalue weighted by Gasteiger charge is 2.18. The molecular weight excluding hydrogens is 258 g/mol. The molecule has 21 heavy (non-hydrogen) atoms. The Labute approximate surface area is 124 Å². The zero-order valence-corrected chi connectivity index (χ0v) is 12.5. The van der Waals surface area contributed by atoms with E-state index in [1.807, 2.05) is 0 Å². The highest BCUT2D eigenvalue weighted by atomic mass is 15.1. The van der Waals surface area contributed by atoms with Gasteiger partial charge in [-0.25, -0.2) is 4.98 Å². The maximum Gasteiger partial charge on any atom is 0.141 e. The second kappa shape index (κ2) is 4.62. The van der Waals surface area contributed by atoms with Gasteiger partial charge in [0.05, 0.1) is 11.0 Å². The number of anilines is 1. The first kappa shape index (κ1) is 12.5. The maximum atomic E-state index is 4.89. The summed E-state index contributed by atoms with van der Waals surface area (Å²) in [6.45, 7) is 3.22. The second-order valence-corrected chi connectivity index (χ2v) is 5.80. The van der Waals surface area contributed by atoms with Crippen molar-refractivity contribution in [1.29, 1.82) is 0 Å². The lowest BCUT2D eigenvalue weighted by atomic mass is 9.97. The molecule has 4 rings (SSSR count). The monoisotopic (exact) mass is 277 g/mol. The highest BCUT2D eigenvalue weighted by molar-refractivity contribution is 5.84. The lowest BCUT2D eigenvalue weighted by Crippen LogP contribution is -2.13. The van der Waals surface area contributed by atoms with E-state index < -0.39 is 0 Å². The molecule has 2 heterocycles. The minimum Gasteiger partial charge on any atom is -0.385 e. The quantitative estimate of drug-likeness (QED) is 0.731. The summed E-state index contributed by atoms with van der Waals surface area (Å²) in [4.78, 5) is 4.89. The van der Waals surface area contributed by atoms with Crippen molar-refractivity contribution in [1.82, 2.24) is 9.55 Å². The molecule has 0 fully saturated rings. The van der Waals surface area contributed by atoms with Crippen LogP contribution in [-0.4, -0.2) is 16.1 Å². The maximum absolute atomic E-state index is 4.89. The van der Waals surface area contributed by atoms with Crippen LogP contribution in [0.3, 0.4) is 0 Å². The number of hydrogen-bond acceptors (Lipinski definition) is 2. The Morgan fingerprint density at radius 2 is 2.00 bits per heavy atom. The Balaban J connectivity index is 1.99. The molecule has 0 radical (unpaired) electrons. The predicted molar refractivity (Wildman–Crippen MR) is 87.7 cm³/mol. The van der Waals surface area contributed by atoms with Gasteiger partial charge < -0.3 is 9.88 Å². The summed E-state index contributed by atoms with van der Waals surface area (Å²) in [6, 6.07) is 12.8. The average Bonchev–Trinajstić information content (AvgIpc) is 2.85. The van der Waals surface area contributed by atoms with E-state index in [9.17, 15) is 0 Å². The Morgan fingerprint density at radius 1 is 1.14 bits per heavy atom. The number of aryl methyl sites for hydroxylation is 2. The summed E-state index contributed by atoms with van der Waals surface area (Å²) in [5.41, 5.74) is 7.51. The number of nitrogens with one attached hydrogen (secondary N) is 1. The summed E-state index contributed by atoms with van der Waals surface area (Å²) in [5.74, 6) is 1.07. The average molecular weight is 277 g/mol. The summed E-state index contributed by atoms with van der Waals surface area (Å²) >= 11 is 0. The van der Waals surface area contributed by atoms with Gasteiger partial charge in [-0.05, 0) is 43.0 Å². The van der Waals surface area contributed by atoms with Crippen molar-refractivity contribution in [2.24, 2.45) is 7.05 Å². The first-order chi connectivity index (χ1) is 10.3. The van der Waals surface area contributed by atoms with Crippen LogP contribution in [0.15, 0.2) is 36.4 Å². The summed E-state index contributed by atoms with van der Waals surface area (Å²) in [5, 5.41) is 3.50. The van der Waals surface area contributed by atoms with Crippen molar-refractivity contribution in [3.8, 4) is 11.4 Å². The Morgan fingerprint density at radius 3 is 2.86 bits per heavy atom. The van der Waals surface area contributed by atoms with Crippen molar-refractivity contribution >= 4 is 16.7 Å². The van der Waals surface area contributed by atoms with E-state index >= 15 is 0 Å². The Hall–Kier alpha value is -2.29. The molecule has 0 bridgehead atoms. The Bertz CT molecular complexity index is 830. The Kier molecular flexibility index (Phi) is 2.74. The van der Waals surface area contributed by atoms with Crippen LogP contribution in [0.25, 0.3) is 22.4 Å². The van der Waals surface area contributed by atoms with Gasteiger partial charge in [0.1, 0.15) is 5.82 Å². The lowest BCUT2D eigenvalue weighted by Gasteiger charge is -2.20.